The van der Waals surface area contributed by atoms with Crippen LogP contribution in [0.2, 0.25) is 0 Å². The number of fused-ring (bicyclic) bond motifs is 1. The van der Waals surface area contributed by atoms with Crippen molar-refractivity contribution in [3.63, 3.8) is 0 Å². The van der Waals surface area contributed by atoms with Crippen molar-refractivity contribution in [3.8, 4) is 5.75 Å². The lowest BCUT2D eigenvalue weighted by atomic mass is 10.0. The van der Waals surface area contributed by atoms with E-state index in [4.69, 9.17) is 4.74 Å². The van der Waals surface area contributed by atoms with Gasteiger partial charge in [-0.1, -0.05) is 42.0 Å². The summed E-state index contributed by atoms with van der Waals surface area (Å²) >= 11 is 1.75. The van der Waals surface area contributed by atoms with E-state index in [1.165, 1.54) is 5.56 Å². The maximum absolute atomic E-state index is 10.4. The van der Waals surface area contributed by atoms with Gasteiger partial charge in [-0.05, 0) is 24.6 Å². The molecule has 0 bridgehead atoms. The molecule has 1 N–H and O–H groups in total. The SMILES string of the molecule is Cc1cccc(CC(O)C2CSc3ccccc3O2)c1. The minimum Gasteiger partial charge on any atom is -0.486 e. The summed E-state index contributed by atoms with van der Waals surface area (Å²) in [6.45, 7) is 2.07. The molecule has 2 unspecified atom stereocenters. The molecule has 0 aliphatic carbocycles. The van der Waals surface area contributed by atoms with Gasteiger partial charge in [0.15, 0.2) is 0 Å². The van der Waals surface area contributed by atoms with Gasteiger partial charge < -0.3 is 9.84 Å². The molecule has 1 aliphatic heterocycles. The summed E-state index contributed by atoms with van der Waals surface area (Å²) in [5.74, 6) is 1.68. The number of thioether (sulfide) groups is 1. The zero-order valence-corrected chi connectivity index (χ0v) is 12.3. The smallest absolute Gasteiger partial charge is 0.134 e. The molecule has 1 aliphatic rings. The standard InChI is InChI=1S/C17H18O2S/c1-12-5-4-6-13(9-12)10-14(18)16-11-20-17-8-3-2-7-15(17)19-16/h2-9,14,16,18H,10-11H2,1H3. The molecular formula is C17H18O2S. The molecule has 2 aromatic carbocycles. The van der Waals surface area contributed by atoms with Crippen LogP contribution in [0.25, 0.3) is 0 Å². The van der Waals surface area contributed by atoms with Crippen molar-refractivity contribution in [2.75, 3.05) is 5.75 Å². The van der Waals surface area contributed by atoms with Crippen molar-refractivity contribution in [2.24, 2.45) is 0 Å². The van der Waals surface area contributed by atoms with E-state index in [0.29, 0.717) is 6.42 Å². The van der Waals surface area contributed by atoms with E-state index in [9.17, 15) is 5.11 Å². The van der Waals surface area contributed by atoms with Crippen LogP contribution >= 0.6 is 11.8 Å². The number of benzene rings is 2. The van der Waals surface area contributed by atoms with Gasteiger partial charge in [-0.15, -0.1) is 11.8 Å². The molecule has 0 amide bonds. The second kappa shape index (κ2) is 5.90. The fourth-order valence-corrected chi connectivity index (χ4v) is 3.50. The highest BCUT2D eigenvalue weighted by Gasteiger charge is 2.26. The van der Waals surface area contributed by atoms with Crippen molar-refractivity contribution in [2.45, 2.75) is 30.4 Å². The Balaban J connectivity index is 1.68. The van der Waals surface area contributed by atoms with Gasteiger partial charge in [0.05, 0.1) is 6.10 Å². The van der Waals surface area contributed by atoms with Crippen LogP contribution in [0, 0.1) is 6.92 Å². The lowest BCUT2D eigenvalue weighted by Crippen LogP contribution is -2.37. The Labute approximate surface area is 123 Å². The molecule has 2 atom stereocenters. The molecule has 0 fully saturated rings. The van der Waals surface area contributed by atoms with Crippen LogP contribution in [0.3, 0.4) is 0 Å². The molecule has 0 saturated heterocycles. The van der Waals surface area contributed by atoms with Crippen LogP contribution in [-0.4, -0.2) is 23.1 Å². The third kappa shape index (κ3) is 3.00. The third-order valence-corrected chi connectivity index (χ3v) is 4.63. The number of aliphatic hydroxyl groups is 1. The van der Waals surface area contributed by atoms with E-state index in [0.717, 1.165) is 22.0 Å². The molecule has 1 heterocycles. The monoisotopic (exact) mass is 286 g/mol. The number of hydrogen-bond donors (Lipinski definition) is 1. The van der Waals surface area contributed by atoms with Gasteiger partial charge in [-0.3, -0.25) is 0 Å². The highest BCUT2D eigenvalue weighted by Crippen LogP contribution is 2.36. The molecule has 3 rings (SSSR count). The van der Waals surface area contributed by atoms with E-state index < -0.39 is 6.10 Å². The fraction of sp³-hybridized carbons (Fsp3) is 0.294. The molecule has 0 radical (unpaired) electrons. The van der Waals surface area contributed by atoms with Gasteiger partial charge in [-0.2, -0.15) is 0 Å². The molecule has 2 nitrogen and oxygen atoms in total. The summed E-state index contributed by atoms with van der Waals surface area (Å²) < 4.78 is 5.93. The molecule has 2 aromatic rings. The highest BCUT2D eigenvalue weighted by molar-refractivity contribution is 7.99. The summed E-state index contributed by atoms with van der Waals surface area (Å²) in [6, 6.07) is 16.3. The molecular weight excluding hydrogens is 268 g/mol. The lowest BCUT2D eigenvalue weighted by Gasteiger charge is -2.29. The van der Waals surface area contributed by atoms with E-state index in [-0.39, 0.29) is 6.10 Å². The minimum absolute atomic E-state index is 0.143. The lowest BCUT2D eigenvalue weighted by molar-refractivity contribution is 0.0468. The first-order valence-corrected chi connectivity index (χ1v) is 7.83. The number of rotatable bonds is 3. The number of ether oxygens (including phenoxy) is 1. The molecule has 3 heteroatoms. The van der Waals surface area contributed by atoms with Crippen LogP contribution in [-0.2, 0) is 6.42 Å². The van der Waals surface area contributed by atoms with E-state index in [2.05, 4.69) is 31.2 Å². The second-order valence-electron chi connectivity index (χ2n) is 5.17. The Bertz CT molecular complexity index is 597. The molecule has 0 spiro atoms. The maximum atomic E-state index is 10.4. The average molecular weight is 286 g/mol. The van der Waals surface area contributed by atoms with Crippen LogP contribution in [0.15, 0.2) is 53.4 Å². The summed E-state index contributed by atoms with van der Waals surface area (Å²) in [6.07, 6.45) is 0.0165. The third-order valence-electron chi connectivity index (χ3n) is 3.49. The molecule has 0 aromatic heterocycles. The topological polar surface area (TPSA) is 29.5 Å². The Hall–Kier alpha value is -1.45. The van der Waals surface area contributed by atoms with E-state index in [1.807, 2.05) is 24.3 Å². The number of aryl methyl sites for hydroxylation is 1. The Morgan fingerprint density at radius 2 is 2.10 bits per heavy atom. The van der Waals surface area contributed by atoms with Crippen LogP contribution in [0.4, 0.5) is 0 Å². The number of para-hydroxylation sites is 1. The minimum atomic E-state index is -0.474. The van der Waals surface area contributed by atoms with Gasteiger partial charge in [-0.25, -0.2) is 0 Å². The Kier molecular flexibility index (Phi) is 3.99. The van der Waals surface area contributed by atoms with E-state index >= 15 is 0 Å². The van der Waals surface area contributed by atoms with Gasteiger partial charge in [0.2, 0.25) is 0 Å². The summed E-state index contributed by atoms with van der Waals surface area (Å²) in [5.41, 5.74) is 2.38. The first-order valence-electron chi connectivity index (χ1n) is 6.84. The van der Waals surface area contributed by atoms with Gasteiger partial charge >= 0.3 is 0 Å². The summed E-state index contributed by atoms with van der Waals surface area (Å²) in [7, 11) is 0. The van der Waals surface area contributed by atoms with Crippen LogP contribution in [0.5, 0.6) is 5.75 Å². The van der Waals surface area contributed by atoms with Crippen LogP contribution < -0.4 is 4.74 Å². The van der Waals surface area contributed by atoms with Crippen molar-refractivity contribution >= 4 is 11.8 Å². The molecule has 20 heavy (non-hydrogen) atoms. The first-order chi connectivity index (χ1) is 9.72. The van der Waals surface area contributed by atoms with Gasteiger partial charge in [0.25, 0.3) is 0 Å². The van der Waals surface area contributed by atoms with Gasteiger partial charge in [0.1, 0.15) is 11.9 Å². The average Bonchev–Trinajstić information content (AvgIpc) is 2.47. The fourth-order valence-electron chi connectivity index (χ4n) is 2.44. The first kappa shape index (κ1) is 13.5. The predicted molar refractivity (Wildman–Crippen MR) is 82.5 cm³/mol. The summed E-state index contributed by atoms with van der Waals surface area (Å²) in [5, 5.41) is 10.4. The van der Waals surface area contributed by atoms with Crippen molar-refractivity contribution < 1.29 is 9.84 Å². The predicted octanol–water partition coefficient (Wildman–Crippen LogP) is 3.45. The number of hydrogen-bond acceptors (Lipinski definition) is 3. The highest BCUT2D eigenvalue weighted by atomic mass is 32.2. The zero-order valence-electron chi connectivity index (χ0n) is 11.5. The van der Waals surface area contributed by atoms with E-state index in [1.54, 1.807) is 11.8 Å². The Morgan fingerprint density at radius 1 is 1.25 bits per heavy atom. The largest absolute Gasteiger partial charge is 0.486 e. The zero-order chi connectivity index (χ0) is 13.9. The van der Waals surface area contributed by atoms with Crippen LogP contribution in [0.1, 0.15) is 11.1 Å². The molecule has 0 saturated carbocycles. The van der Waals surface area contributed by atoms with Gasteiger partial charge in [0, 0.05) is 17.1 Å². The quantitative estimate of drug-likeness (QED) is 0.937. The maximum Gasteiger partial charge on any atom is 0.134 e. The van der Waals surface area contributed by atoms with Crippen molar-refractivity contribution in [3.05, 3.63) is 59.7 Å². The van der Waals surface area contributed by atoms with Crippen molar-refractivity contribution in [1.82, 2.24) is 0 Å². The Morgan fingerprint density at radius 3 is 2.95 bits per heavy atom. The number of aliphatic hydroxyl groups excluding tert-OH is 1. The second-order valence-corrected chi connectivity index (χ2v) is 6.24. The van der Waals surface area contributed by atoms with Crippen molar-refractivity contribution in [1.29, 1.82) is 0 Å². The molecule has 104 valence electrons. The summed E-state index contributed by atoms with van der Waals surface area (Å²) in [4.78, 5) is 1.16. The normalized spacial score (nSPS) is 19.0.